The number of guanidine groups is 1. The molecule has 0 radical (unpaired) electrons. The van der Waals surface area contributed by atoms with Crippen LogP contribution in [0.3, 0.4) is 0 Å². The Morgan fingerprint density at radius 1 is 0.930 bits per heavy atom. The van der Waals surface area contributed by atoms with E-state index < -0.39 is 108 Å². The second kappa shape index (κ2) is 25.2. The molecule has 23 nitrogen and oxygen atoms in total. The number of nitrogens with one attached hydrogen (secondary N) is 2. The van der Waals surface area contributed by atoms with Crippen molar-refractivity contribution in [1.29, 1.82) is 0 Å². The summed E-state index contributed by atoms with van der Waals surface area (Å²) in [5, 5.41) is 141. The lowest BCUT2D eigenvalue weighted by molar-refractivity contribution is -0.422. The minimum absolute atomic E-state index is 0.00803. The zero-order valence-corrected chi connectivity index (χ0v) is 47.2. The molecule has 23 heteroatoms. The van der Waals surface area contributed by atoms with Crippen LogP contribution in [0.5, 0.6) is 28.7 Å². The largest absolute Gasteiger partial charge is 0.508 e. The van der Waals surface area contributed by atoms with Gasteiger partial charge in [0.25, 0.3) is 5.91 Å². The summed E-state index contributed by atoms with van der Waals surface area (Å²) in [7, 11) is 0. The number of amides is 1. The van der Waals surface area contributed by atoms with Crippen molar-refractivity contribution >= 4 is 35.9 Å². The molecule has 5 aliphatic rings. The molecule has 1 saturated carbocycles. The first-order chi connectivity index (χ1) is 41.3. The molecule has 0 spiro atoms. The number of benzene rings is 4. The van der Waals surface area contributed by atoms with Crippen molar-refractivity contribution in [3.8, 4) is 28.7 Å². The number of aliphatic carboxylic acids is 1. The number of aliphatic hydroxyl groups excluding tert-OH is 6. The Labute approximate surface area is 495 Å². The van der Waals surface area contributed by atoms with Crippen molar-refractivity contribution in [2.45, 2.75) is 137 Å². The highest BCUT2D eigenvalue weighted by molar-refractivity contribution is 6.13. The van der Waals surface area contributed by atoms with Gasteiger partial charge in [-0.3, -0.25) is 9.69 Å². The first-order valence-electron chi connectivity index (χ1n) is 29.1. The van der Waals surface area contributed by atoms with Gasteiger partial charge in [0.05, 0.1) is 37.0 Å². The molecule has 1 saturated heterocycles. The number of aromatic hydroxyl groups is 4. The number of aldehydes is 1. The molecule has 0 bridgehead atoms. The first-order valence-corrected chi connectivity index (χ1v) is 29.1. The van der Waals surface area contributed by atoms with Gasteiger partial charge in [-0.25, -0.2) is 14.8 Å². The predicted octanol–water partition coefficient (Wildman–Crippen LogP) is 3.29. The van der Waals surface area contributed by atoms with E-state index in [4.69, 9.17) is 15.2 Å². The molecular formula is C63H74N6O17. The summed E-state index contributed by atoms with van der Waals surface area (Å²) in [5.41, 5.74) is 6.21. The van der Waals surface area contributed by atoms with Crippen LogP contribution >= 0.6 is 0 Å². The fourth-order valence-electron chi connectivity index (χ4n) is 14.5. The van der Waals surface area contributed by atoms with Gasteiger partial charge in [0, 0.05) is 77.8 Å². The molecule has 12 unspecified atom stereocenters. The van der Waals surface area contributed by atoms with Crippen LogP contribution in [0.15, 0.2) is 102 Å². The van der Waals surface area contributed by atoms with Crippen LogP contribution in [-0.4, -0.2) is 157 Å². The number of carbonyl (C=O) groups excluding carboxylic acids is 2. The smallest absolute Gasteiger partial charge is 0.355 e. The summed E-state index contributed by atoms with van der Waals surface area (Å²) in [4.78, 5) is 54.6. The molecule has 5 aromatic rings. The van der Waals surface area contributed by atoms with Crippen molar-refractivity contribution in [3.63, 3.8) is 0 Å². The number of nitrogens with two attached hydrogens (primary N) is 1. The number of hydrogen-bond donors (Lipinski definition) is 15. The lowest BCUT2D eigenvalue weighted by atomic mass is 9.45. The van der Waals surface area contributed by atoms with Crippen LogP contribution in [0.2, 0.25) is 0 Å². The number of carboxylic acids is 1. The molecule has 2 fully saturated rings. The summed E-state index contributed by atoms with van der Waals surface area (Å²) < 4.78 is 11.1. The van der Waals surface area contributed by atoms with Crippen molar-refractivity contribution in [3.05, 3.63) is 142 Å². The van der Waals surface area contributed by atoms with E-state index >= 15 is 9.59 Å². The maximum absolute atomic E-state index is 15.7. The number of aromatic amines is 1. The molecule has 12 atom stereocenters. The molecule has 4 aromatic carbocycles. The average Bonchev–Trinajstić information content (AvgIpc) is 1.47. The number of phenols is 4. The molecule has 2 aliphatic heterocycles. The van der Waals surface area contributed by atoms with Crippen molar-refractivity contribution in [2.24, 2.45) is 28.5 Å². The number of phenolic OH excluding ortho intramolecular Hbond substituents is 4. The lowest BCUT2D eigenvalue weighted by Crippen LogP contribution is -2.67. The molecule has 86 heavy (non-hydrogen) atoms. The number of H-pyrrole nitrogens is 1. The first kappa shape index (κ1) is 61.2. The standard InChI is InChI=1S/C63H74N6O17/c64-60(66-30-35-8-2-1-3-9-35)65-24-6-13-41(73)21-19-37-29-61(59(82)83)53(52(37)62-39(11-5-12-40(62)31-71)20-18-36-10-4-15-46(75)51(36)62)50-44(28-47(54(77)56(50)79)85-63(84)58(81)57(80)55(78)48(32-72)86-63)69(61)49(76)23-17-34-16-22-45(74)38(26-34)27-43-42(14-7-25-70)67-33-68-43/h1-4,8-10,15-17,22-23,25-26,28-29,33,39-41,48,52-53,55,57-58,71-75,77-81,84H,5-7,11-14,18-21,24,27,30-32H2,(H,67,68)(H,82,83)(H3,64,65,66). The number of ether oxygens (including phenoxy) is 2. The SMILES string of the molecule is NC(=NCc1ccccc1)NCCCC(O)CCC1=CC2(C(=O)O)C(c3c(cc(OC4(O)OC(CO)C(O)C(O)C4O)c(O)c3O)N2C(=O)C=Cc2ccc(O)c(Cc3[nH]cnc3CCC=O)c2)C1C12c3c(O)cccc3CCC1CCCC2CO. The van der Waals surface area contributed by atoms with E-state index in [1.807, 2.05) is 36.4 Å². The number of allylic oxidation sites excluding steroid dienone is 1. The van der Waals surface area contributed by atoms with Gasteiger partial charge in [-0.05, 0) is 117 Å². The van der Waals surface area contributed by atoms with Crippen molar-refractivity contribution in [2.75, 3.05) is 24.7 Å². The van der Waals surface area contributed by atoms with Crippen molar-refractivity contribution < 1.29 is 85.1 Å². The molecule has 1 amide bonds. The highest BCUT2D eigenvalue weighted by Gasteiger charge is 2.72. The van der Waals surface area contributed by atoms with E-state index in [0.717, 1.165) is 34.5 Å². The van der Waals surface area contributed by atoms with Gasteiger partial charge in [-0.1, -0.05) is 60.5 Å². The molecule has 3 aliphatic carbocycles. The molecular weight excluding hydrogens is 1110 g/mol. The number of hydrogen-bond acceptors (Lipinski definition) is 18. The van der Waals surface area contributed by atoms with Gasteiger partial charge >= 0.3 is 11.9 Å². The molecule has 458 valence electrons. The number of fused-ring (bicyclic) bond motifs is 6. The van der Waals surface area contributed by atoms with Crippen LogP contribution in [0.25, 0.3) is 6.08 Å². The van der Waals surface area contributed by atoms with Crippen LogP contribution in [0.4, 0.5) is 5.69 Å². The highest BCUT2D eigenvalue weighted by atomic mass is 16.8. The fraction of sp³-hybridized carbons (Fsp3) is 0.444. The highest BCUT2D eigenvalue weighted by Crippen LogP contribution is 2.72. The minimum atomic E-state index is -3.37. The molecule has 3 heterocycles. The summed E-state index contributed by atoms with van der Waals surface area (Å²) >= 11 is 0. The second-order valence-corrected chi connectivity index (χ2v) is 23.2. The average molecular weight is 1190 g/mol. The zero-order valence-electron chi connectivity index (χ0n) is 47.2. The van der Waals surface area contributed by atoms with E-state index in [9.17, 15) is 66.1 Å². The molecule has 1 aromatic heterocycles. The number of aromatic nitrogens is 2. The normalized spacial score (nSPS) is 28.1. The maximum atomic E-state index is 15.7. The Bertz CT molecular complexity index is 3410. The number of aryl methyl sites for hydroxylation is 2. The second-order valence-electron chi connectivity index (χ2n) is 23.2. The van der Waals surface area contributed by atoms with Crippen LogP contribution in [0, 0.1) is 17.8 Å². The Morgan fingerprint density at radius 3 is 2.47 bits per heavy atom. The van der Waals surface area contributed by atoms with Gasteiger partial charge < -0.3 is 91.6 Å². The number of carbonyl (C=O) groups is 3. The quantitative estimate of drug-likeness (QED) is 0.00691. The zero-order chi connectivity index (χ0) is 61.2. The van der Waals surface area contributed by atoms with E-state index in [0.29, 0.717) is 91.7 Å². The Kier molecular flexibility index (Phi) is 18.0. The number of rotatable bonds is 22. The number of anilines is 1. The third-order valence-electron chi connectivity index (χ3n) is 18.3. The van der Waals surface area contributed by atoms with Gasteiger partial charge in [0.2, 0.25) is 5.75 Å². The topological polar surface area (TPSA) is 395 Å². The van der Waals surface area contributed by atoms with Crippen LogP contribution in [-0.2, 0) is 50.3 Å². The van der Waals surface area contributed by atoms with Crippen LogP contribution in [0.1, 0.15) is 108 Å². The Hall–Kier alpha value is -7.87. The number of aliphatic hydroxyl groups is 7. The third-order valence-corrected chi connectivity index (χ3v) is 18.3. The number of aliphatic imine (C=N–C) groups is 1. The Balaban J connectivity index is 1.10. The number of nitrogens with zero attached hydrogens (tertiary/aromatic N) is 3. The van der Waals surface area contributed by atoms with E-state index in [1.54, 1.807) is 12.1 Å². The summed E-state index contributed by atoms with van der Waals surface area (Å²) in [6.45, 7) is -0.719. The molecule has 16 N–H and O–H groups in total. The number of carboxylic acid groups (broad SMARTS) is 1. The Morgan fingerprint density at radius 2 is 1.72 bits per heavy atom. The summed E-state index contributed by atoms with van der Waals surface area (Å²) in [6, 6.07) is 20.1. The monoisotopic (exact) mass is 1190 g/mol. The third kappa shape index (κ3) is 11.1. The number of imidazole rings is 1. The predicted molar refractivity (Wildman–Crippen MR) is 311 cm³/mol. The molecule has 10 rings (SSSR count). The van der Waals surface area contributed by atoms with E-state index in [-0.39, 0.29) is 66.7 Å². The van der Waals surface area contributed by atoms with Gasteiger partial charge in [-0.15, -0.1) is 0 Å². The van der Waals surface area contributed by atoms with Crippen LogP contribution < -0.4 is 20.7 Å². The van der Waals surface area contributed by atoms with E-state index in [1.165, 1.54) is 36.7 Å². The summed E-state index contributed by atoms with van der Waals surface area (Å²) in [6.07, 6.45) is 0.883. The maximum Gasteiger partial charge on any atom is 0.355 e. The van der Waals surface area contributed by atoms with Crippen molar-refractivity contribution in [1.82, 2.24) is 15.3 Å². The van der Waals surface area contributed by atoms with Gasteiger partial charge in [-0.2, -0.15) is 0 Å². The van der Waals surface area contributed by atoms with E-state index in [2.05, 4.69) is 20.3 Å². The van der Waals surface area contributed by atoms with Gasteiger partial charge in [0.15, 0.2) is 29.1 Å². The lowest BCUT2D eigenvalue weighted by Gasteiger charge is -2.58. The fourth-order valence-corrected chi connectivity index (χ4v) is 14.5. The summed E-state index contributed by atoms with van der Waals surface area (Å²) in [5.74, 6) is -12.8. The van der Waals surface area contributed by atoms with Gasteiger partial charge in [0.1, 0.15) is 36.1 Å². The minimum Gasteiger partial charge on any atom is -0.508 e.